The van der Waals surface area contributed by atoms with E-state index in [-0.39, 0.29) is 0 Å². The molecule has 0 saturated carbocycles. The Morgan fingerprint density at radius 1 is 1.28 bits per heavy atom. The Labute approximate surface area is 110 Å². The van der Waals surface area contributed by atoms with Crippen molar-refractivity contribution in [3.05, 3.63) is 12.3 Å². The van der Waals surface area contributed by atoms with E-state index in [4.69, 9.17) is 0 Å². The normalized spacial score (nSPS) is 25.2. The zero-order valence-corrected chi connectivity index (χ0v) is 12.2. The number of aryl methyl sites for hydroxylation is 1. The van der Waals surface area contributed by atoms with Crippen LogP contribution in [0.3, 0.4) is 0 Å². The summed E-state index contributed by atoms with van der Waals surface area (Å²) < 4.78 is 1.89. The Hall–Kier alpha value is -1.03. The number of piperazine rings is 1. The smallest absolute Gasteiger partial charge is 0.150 e. The molecule has 1 aromatic rings. The van der Waals surface area contributed by atoms with E-state index in [0.717, 1.165) is 18.9 Å². The van der Waals surface area contributed by atoms with Gasteiger partial charge in [0.25, 0.3) is 0 Å². The van der Waals surface area contributed by atoms with Crippen molar-refractivity contribution in [2.75, 3.05) is 18.0 Å². The quantitative estimate of drug-likeness (QED) is 0.889. The number of nitrogens with one attached hydrogen (secondary N) is 1. The fraction of sp³-hybridized carbons (Fsp3) is 0.786. The summed E-state index contributed by atoms with van der Waals surface area (Å²) in [6, 6.07) is 3.22. The van der Waals surface area contributed by atoms with Crippen LogP contribution >= 0.6 is 0 Å². The Morgan fingerprint density at radius 2 is 2.00 bits per heavy atom. The summed E-state index contributed by atoms with van der Waals surface area (Å²) in [5, 5.41) is 8.26. The zero-order valence-electron chi connectivity index (χ0n) is 12.2. The Balaban J connectivity index is 2.19. The lowest BCUT2D eigenvalue weighted by Gasteiger charge is -2.44. The van der Waals surface area contributed by atoms with Crippen molar-refractivity contribution in [2.45, 2.75) is 39.8 Å². The second-order valence-electron chi connectivity index (χ2n) is 6.07. The molecule has 2 heterocycles. The van der Waals surface area contributed by atoms with Crippen molar-refractivity contribution in [1.82, 2.24) is 15.1 Å². The highest BCUT2D eigenvalue weighted by molar-refractivity contribution is 5.40. The van der Waals surface area contributed by atoms with Gasteiger partial charge in [0.15, 0.2) is 5.82 Å². The monoisotopic (exact) mass is 250 g/mol. The Morgan fingerprint density at radius 3 is 2.50 bits per heavy atom. The van der Waals surface area contributed by atoms with Crippen molar-refractivity contribution in [2.24, 2.45) is 18.9 Å². The first-order chi connectivity index (χ1) is 8.49. The topological polar surface area (TPSA) is 33.1 Å². The molecule has 1 saturated heterocycles. The van der Waals surface area contributed by atoms with Crippen LogP contribution < -0.4 is 10.2 Å². The minimum Gasteiger partial charge on any atom is -0.349 e. The molecule has 0 amide bonds. The Kier molecular flexibility index (Phi) is 3.95. The Bertz CT molecular complexity index is 383. The maximum atomic E-state index is 4.58. The number of rotatable bonds is 3. The minimum absolute atomic E-state index is 0.537. The average molecular weight is 250 g/mol. The first kappa shape index (κ1) is 13.4. The third kappa shape index (κ3) is 2.69. The van der Waals surface area contributed by atoms with Crippen LogP contribution in [0, 0.1) is 11.8 Å². The standard InChI is InChI=1S/C14H26N4/c1-10(2)12-9-18(13(8-15-12)11(3)4)14-6-7-17(5)16-14/h6-7,10-13,15H,8-9H2,1-5H3. The number of aromatic nitrogens is 2. The maximum absolute atomic E-state index is 4.58. The lowest BCUT2D eigenvalue weighted by Crippen LogP contribution is -2.60. The maximum Gasteiger partial charge on any atom is 0.150 e. The largest absolute Gasteiger partial charge is 0.349 e. The first-order valence-electron chi connectivity index (χ1n) is 6.98. The van der Waals surface area contributed by atoms with Gasteiger partial charge >= 0.3 is 0 Å². The summed E-state index contributed by atoms with van der Waals surface area (Å²) in [6.45, 7) is 11.2. The number of nitrogens with zero attached hydrogens (tertiary/aromatic N) is 3. The molecule has 2 atom stereocenters. The van der Waals surface area contributed by atoms with Gasteiger partial charge in [0.05, 0.1) is 0 Å². The molecule has 1 aliphatic rings. The highest BCUT2D eigenvalue weighted by atomic mass is 15.4. The summed E-state index contributed by atoms with van der Waals surface area (Å²) in [4.78, 5) is 2.48. The van der Waals surface area contributed by atoms with E-state index in [0.29, 0.717) is 23.9 Å². The molecule has 102 valence electrons. The van der Waals surface area contributed by atoms with Crippen molar-refractivity contribution in [3.8, 4) is 0 Å². The molecule has 0 radical (unpaired) electrons. The molecule has 1 N–H and O–H groups in total. The van der Waals surface area contributed by atoms with E-state index in [2.05, 4.69) is 49.1 Å². The molecule has 4 heteroatoms. The molecule has 1 aliphatic heterocycles. The predicted molar refractivity (Wildman–Crippen MR) is 75.8 cm³/mol. The lowest BCUT2D eigenvalue weighted by molar-refractivity contribution is 0.293. The van der Waals surface area contributed by atoms with Crippen LogP contribution in [0.1, 0.15) is 27.7 Å². The van der Waals surface area contributed by atoms with Gasteiger partial charge in [-0.3, -0.25) is 4.68 Å². The molecule has 0 aromatic carbocycles. The fourth-order valence-corrected chi connectivity index (χ4v) is 2.66. The average Bonchev–Trinajstić information content (AvgIpc) is 2.74. The van der Waals surface area contributed by atoms with Gasteiger partial charge in [-0.2, -0.15) is 5.10 Å². The molecule has 0 bridgehead atoms. The molecule has 2 rings (SSSR count). The SMILES string of the molecule is CC(C)C1CN(c2ccn(C)n2)C(C(C)C)CN1. The summed E-state index contributed by atoms with van der Waals surface area (Å²) in [6.07, 6.45) is 2.03. The summed E-state index contributed by atoms with van der Waals surface area (Å²) >= 11 is 0. The summed E-state index contributed by atoms with van der Waals surface area (Å²) in [7, 11) is 1.98. The number of hydrogen-bond donors (Lipinski definition) is 1. The molecule has 0 aliphatic carbocycles. The van der Waals surface area contributed by atoms with Gasteiger partial charge in [-0.05, 0) is 11.8 Å². The summed E-state index contributed by atoms with van der Waals surface area (Å²) in [5.41, 5.74) is 0. The molecule has 1 aromatic heterocycles. The van der Waals surface area contributed by atoms with Crippen LogP contribution in [0.25, 0.3) is 0 Å². The van der Waals surface area contributed by atoms with Gasteiger partial charge in [-0.15, -0.1) is 0 Å². The molecule has 4 nitrogen and oxygen atoms in total. The van der Waals surface area contributed by atoms with E-state index in [9.17, 15) is 0 Å². The molecular formula is C14H26N4. The van der Waals surface area contributed by atoms with Gasteiger partial charge in [-0.1, -0.05) is 27.7 Å². The highest BCUT2D eigenvalue weighted by Gasteiger charge is 2.32. The molecule has 1 fully saturated rings. The van der Waals surface area contributed by atoms with Gasteiger partial charge < -0.3 is 10.2 Å². The van der Waals surface area contributed by atoms with E-state index in [1.165, 1.54) is 0 Å². The predicted octanol–water partition coefficient (Wildman–Crippen LogP) is 1.88. The van der Waals surface area contributed by atoms with E-state index < -0.39 is 0 Å². The van der Waals surface area contributed by atoms with Gasteiger partial charge in [0, 0.05) is 44.5 Å². The van der Waals surface area contributed by atoms with Crippen molar-refractivity contribution >= 4 is 5.82 Å². The number of anilines is 1. The third-order valence-electron chi connectivity index (χ3n) is 3.95. The van der Waals surface area contributed by atoms with E-state index in [1.54, 1.807) is 0 Å². The molecule has 18 heavy (non-hydrogen) atoms. The zero-order chi connectivity index (χ0) is 13.3. The van der Waals surface area contributed by atoms with E-state index >= 15 is 0 Å². The van der Waals surface area contributed by atoms with Crippen LogP contribution in [0.5, 0.6) is 0 Å². The third-order valence-corrected chi connectivity index (χ3v) is 3.95. The van der Waals surface area contributed by atoms with E-state index in [1.807, 2.05) is 17.9 Å². The van der Waals surface area contributed by atoms with Gasteiger partial charge in [-0.25, -0.2) is 0 Å². The lowest BCUT2D eigenvalue weighted by atomic mass is 9.94. The minimum atomic E-state index is 0.537. The van der Waals surface area contributed by atoms with Crippen molar-refractivity contribution in [3.63, 3.8) is 0 Å². The number of hydrogen-bond acceptors (Lipinski definition) is 3. The molecule has 2 unspecified atom stereocenters. The fourth-order valence-electron chi connectivity index (χ4n) is 2.66. The first-order valence-corrected chi connectivity index (χ1v) is 6.98. The van der Waals surface area contributed by atoms with Crippen LogP contribution in [0.15, 0.2) is 12.3 Å². The van der Waals surface area contributed by atoms with Crippen LogP contribution in [0.2, 0.25) is 0 Å². The summed E-state index contributed by atoms with van der Waals surface area (Å²) in [5.74, 6) is 2.40. The van der Waals surface area contributed by atoms with Crippen LogP contribution in [0.4, 0.5) is 5.82 Å². The van der Waals surface area contributed by atoms with Crippen molar-refractivity contribution < 1.29 is 0 Å². The molecule has 0 spiro atoms. The van der Waals surface area contributed by atoms with Gasteiger partial charge in [0.2, 0.25) is 0 Å². The van der Waals surface area contributed by atoms with Gasteiger partial charge in [0.1, 0.15) is 0 Å². The molecular weight excluding hydrogens is 224 g/mol. The second kappa shape index (κ2) is 5.31. The van der Waals surface area contributed by atoms with Crippen molar-refractivity contribution in [1.29, 1.82) is 0 Å². The second-order valence-corrected chi connectivity index (χ2v) is 6.07. The highest BCUT2D eigenvalue weighted by Crippen LogP contribution is 2.23. The van der Waals surface area contributed by atoms with Crippen LogP contribution in [-0.4, -0.2) is 35.0 Å². The van der Waals surface area contributed by atoms with Crippen LogP contribution in [-0.2, 0) is 7.05 Å².